The Morgan fingerprint density at radius 1 is 1.41 bits per heavy atom. The van der Waals surface area contributed by atoms with Gasteiger partial charge in [-0.05, 0) is 18.9 Å². The summed E-state index contributed by atoms with van der Waals surface area (Å²) in [5.74, 6) is -1.36. The van der Waals surface area contributed by atoms with Gasteiger partial charge >= 0.3 is 5.97 Å². The van der Waals surface area contributed by atoms with Gasteiger partial charge in [-0.3, -0.25) is 9.59 Å². The molecule has 1 aromatic carbocycles. The lowest BCUT2D eigenvalue weighted by Crippen LogP contribution is -2.51. The quantitative estimate of drug-likeness (QED) is 0.810. The first kappa shape index (κ1) is 14.6. The third kappa shape index (κ3) is 2.34. The van der Waals surface area contributed by atoms with E-state index in [0.29, 0.717) is 0 Å². The first-order valence-electron chi connectivity index (χ1n) is 7.41. The van der Waals surface area contributed by atoms with Gasteiger partial charge in [0, 0.05) is 12.0 Å². The maximum atomic E-state index is 12.3. The van der Waals surface area contributed by atoms with Crippen LogP contribution in [-0.2, 0) is 19.1 Å². The second-order valence-corrected chi connectivity index (χ2v) is 5.70. The third-order valence-electron chi connectivity index (χ3n) is 4.24. The van der Waals surface area contributed by atoms with Crippen molar-refractivity contribution in [2.24, 2.45) is 5.92 Å². The van der Waals surface area contributed by atoms with Crippen LogP contribution in [0.3, 0.4) is 0 Å². The number of amides is 2. The van der Waals surface area contributed by atoms with E-state index in [0.717, 1.165) is 16.8 Å². The van der Waals surface area contributed by atoms with E-state index in [-0.39, 0.29) is 24.7 Å². The molecule has 0 spiro atoms. The number of benzene rings is 1. The molecule has 2 heterocycles. The Hall–Kier alpha value is -2.37. The van der Waals surface area contributed by atoms with E-state index < -0.39 is 24.0 Å². The van der Waals surface area contributed by atoms with Crippen molar-refractivity contribution >= 4 is 23.5 Å². The Morgan fingerprint density at radius 2 is 2.18 bits per heavy atom. The van der Waals surface area contributed by atoms with E-state index >= 15 is 0 Å². The number of hydrogen-bond donors (Lipinski definition) is 2. The molecule has 2 aliphatic heterocycles. The highest BCUT2D eigenvalue weighted by molar-refractivity contribution is 5.99. The van der Waals surface area contributed by atoms with E-state index in [2.05, 4.69) is 10.6 Å². The molecule has 1 fully saturated rings. The Balaban J connectivity index is 1.90. The first-order chi connectivity index (χ1) is 10.5. The molecule has 1 saturated heterocycles. The Morgan fingerprint density at radius 3 is 2.91 bits per heavy atom. The normalized spacial score (nSPS) is 26.4. The molecule has 0 aliphatic carbocycles. The van der Waals surface area contributed by atoms with Gasteiger partial charge in [-0.2, -0.15) is 0 Å². The maximum Gasteiger partial charge on any atom is 0.329 e. The number of fused-ring (bicyclic) bond motifs is 3. The minimum atomic E-state index is -0.759. The van der Waals surface area contributed by atoms with Crippen molar-refractivity contribution < 1.29 is 19.1 Å². The molecule has 3 atom stereocenters. The van der Waals surface area contributed by atoms with Crippen molar-refractivity contribution in [3.05, 3.63) is 29.3 Å². The number of esters is 1. The van der Waals surface area contributed by atoms with Crippen molar-refractivity contribution in [1.82, 2.24) is 5.32 Å². The predicted molar refractivity (Wildman–Crippen MR) is 79.0 cm³/mol. The third-order valence-corrected chi connectivity index (χ3v) is 4.24. The van der Waals surface area contributed by atoms with Crippen molar-refractivity contribution in [1.29, 1.82) is 0 Å². The van der Waals surface area contributed by atoms with Crippen molar-refractivity contribution in [2.45, 2.75) is 38.8 Å². The number of nitrogens with one attached hydrogen (secondary N) is 2. The first-order valence-corrected chi connectivity index (χ1v) is 7.41. The summed E-state index contributed by atoms with van der Waals surface area (Å²) >= 11 is 0. The molecule has 2 N–H and O–H groups in total. The van der Waals surface area contributed by atoms with Gasteiger partial charge in [0.25, 0.3) is 0 Å². The highest BCUT2D eigenvalue weighted by Gasteiger charge is 2.46. The molecule has 6 nitrogen and oxygen atoms in total. The Kier molecular flexibility index (Phi) is 3.60. The minimum absolute atomic E-state index is 0.171. The van der Waals surface area contributed by atoms with Crippen LogP contribution in [0.15, 0.2) is 18.2 Å². The standard InChI is InChI=1S/C16H18N2O4/c1-3-12(19)17-11-7-10-14(22-16(11)21)9-6-4-5-8(2)13(9)18-15(10)20/h4-6,10-11,14H,3,7H2,1-2H3,(H,17,19)(H,18,20)/t10-,11-,14-/m1/s1. The summed E-state index contributed by atoms with van der Waals surface area (Å²) in [4.78, 5) is 36.0. The van der Waals surface area contributed by atoms with E-state index in [1.165, 1.54) is 0 Å². The zero-order chi connectivity index (χ0) is 15.9. The smallest absolute Gasteiger partial charge is 0.329 e. The highest BCUT2D eigenvalue weighted by Crippen LogP contribution is 2.42. The summed E-state index contributed by atoms with van der Waals surface area (Å²) in [6, 6.07) is 4.87. The summed E-state index contributed by atoms with van der Waals surface area (Å²) in [6.45, 7) is 3.60. The molecule has 22 heavy (non-hydrogen) atoms. The van der Waals surface area contributed by atoms with Crippen LogP contribution in [0.2, 0.25) is 0 Å². The Bertz CT molecular complexity index is 656. The molecule has 6 heteroatoms. The highest BCUT2D eigenvalue weighted by atomic mass is 16.5. The van der Waals surface area contributed by atoms with Gasteiger partial charge in [0.1, 0.15) is 12.1 Å². The number of aryl methyl sites for hydroxylation is 1. The lowest BCUT2D eigenvalue weighted by atomic mass is 9.82. The van der Waals surface area contributed by atoms with Gasteiger partial charge < -0.3 is 15.4 Å². The van der Waals surface area contributed by atoms with Crippen LogP contribution in [0.5, 0.6) is 0 Å². The molecular formula is C16H18N2O4. The molecule has 2 amide bonds. The van der Waals surface area contributed by atoms with Crippen LogP contribution in [0.25, 0.3) is 0 Å². The average molecular weight is 302 g/mol. The van der Waals surface area contributed by atoms with Crippen LogP contribution in [0.4, 0.5) is 5.69 Å². The van der Waals surface area contributed by atoms with Gasteiger partial charge in [0.05, 0.1) is 11.6 Å². The number of hydrogen-bond acceptors (Lipinski definition) is 4. The molecule has 0 unspecified atom stereocenters. The van der Waals surface area contributed by atoms with Crippen LogP contribution in [-0.4, -0.2) is 23.8 Å². The zero-order valence-electron chi connectivity index (χ0n) is 12.5. The SMILES string of the molecule is CCC(=O)N[C@@H]1C[C@H]2C(=O)Nc3c(C)cccc3[C@H]2OC1=O. The minimum Gasteiger partial charge on any atom is -0.455 e. The van der Waals surface area contributed by atoms with Crippen molar-refractivity contribution in [3.63, 3.8) is 0 Å². The monoisotopic (exact) mass is 302 g/mol. The lowest BCUT2D eigenvalue weighted by Gasteiger charge is -2.39. The summed E-state index contributed by atoms with van der Waals surface area (Å²) < 4.78 is 5.49. The lowest BCUT2D eigenvalue weighted by molar-refractivity contribution is -0.166. The number of para-hydroxylation sites is 1. The molecule has 0 aromatic heterocycles. The van der Waals surface area contributed by atoms with E-state index in [4.69, 9.17) is 4.74 Å². The van der Waals surface area contributed by atoms with Crippen molar-refractivity contribution in [3.8, 4) is 0 Å². The molecular weight excluding hydrogens is 284 g/mol. The van der Waals surface area contributed by atoms with E-state index in [9.17, 15) is 14.4 Å². The number of ether oxygens (including phenoxy) is 1. The average Bonchev–Trinajstić information content (AvgIpc) is 2.50. The molecule has 3 rings (SSSR count). The van der Waals surface area contributed by atoms with Gasteiger partial charge in [0.15, 0.2) is 0 Å². The van der Waals surface area contributed by atoms with Crippen LogP contribution >= 0.6 is 0 Å². The number of anilines is 1. The Labute approximate surface area is 128 Å². The number of carbonyl (C=O) groups excluding carboxylic acids is 3. The fraction of sp³-hybridized carbons (Fsp3) is 0.438. The summed E-state index contributed by atoms with van der Waals surface area (Å²) in [5, 5.41) is 5.50. The largest absolute Gasteiger partial charge is 0.455 e. The maximum absolute atomic E-state index is 12.3. The van der Waals surface area contributed by atoms with Crippen LogP contribution in [0.1, 0.15) is 37.0 Å². The van der Waals surface area contributed by atoms with Gasteiger partial charge in [-0.1, -0.05) is 25.1 Å². The molecule has 0 radical (unpaired) electrons. The van der Waals surface area contributed by atoms with Gasteiger partial charge in [-0.15, -0.1) is 0 Å². The fourth-order valence-electron chi connectivity index (χ4n) is 3.02. The topological polar surface area (TPSA) is 84.5 Å². The predicted octanol–water partition coefficient (Wildman–Crippen LogP) is 1.45. The van der Waals surface area contributed by atoms with Crippen molar-refractivity contribution in [2.75, 3.05) is 5.32 Å². The molecule has 116 valence electrons. The van der Waals surface area contributed by atoms with E-state index in [1.807, 2.05) is 25.1 Å². The summed E-state index contributed by atoms with van der Waals surface area (Å²) in [7, 11) is 0. The van der Waals surface area contributed by atoms with Crippen LogP contribution < -0.4 is 10.6 Å². The van der Waals surface area contributed by atoms with E-state index in [1.54, 1.807) is 6.92 Å². The number of carbonyl (C=O) groups is 3. The molecule has 0 bridgehead atoms. The molecule has 0 saturated carbocycles. The van der Waals surface area contributed by atoms with Crippen LogP contribution in [0, 0.1) is 12.8 Å². The summed E-state index contributed by atoms with van der Waals surface area (Å²) in [5.41, 5.74) is 2.47. The molecule has 1 aromatic rings. The fourth-order valence-corrected chi connectivity index (χ4v) is 3.02. The molecule has 2 aliphatic rings. The van der Waals surface area contributed by atoms with Gasteiger partial charge in [0.2, 0.25) is 11.8 Å². The zero-order valence-corrected chi connectivity index (χ0v) is 12.5. The second-order valence-electron chi connectivity index (χ2n) is 5.70. The second kappa shape index (κ2) is 5.44. The summed E-state index contributed by atoms with van der Waals surface area (Å²) in [6.07, 6.45) is -0.0356. The van der Waals surface area contributed by atoms with Gasteiger partial charge in [-0.25, -0.2) is 4.79 Å². The number of rotatable bonds is 2.